The Morgan fingerprint density at radius 1 is 1.41 bits per heavy atom. The van der Waals surface area contributed by atoms with Crippen molar-refractivity contribution in [3.63, 3.8) is 0 Å². The van der Waals surface area contributed by atoms with Crippen LogP contribution < -0.4 is 11.1 Å². The van der Waals surface area contributed by atoms with Crippen LogP contribution in [0.3, 0.4) is 0 Å². The van der Waals surface area contributed by atoms with E-state index in [9.17, 15) is 0 Å². The van der Waals surface area contributed by atoms with Crippen molar-refractivity contribution in [2.75, 3.05) is 17.6 Å². The molecule has 0 amide bonds. The number of rotatable bonds is 3. The first-order valence-corrected chi connectivity index (χ1v) is 7.52. The van der Waals surface area contributed by atoms with Crippen molar-refractivity contribution in [1.82, 2.24) is 0 Å². The Kier molecular flexibility index (Phi) is 4.54. The van der Waals surface area contributed by atoms with Gasteiger partial charge in [0.05, 0.1) is 11.4 Å². The van der Waals surface area contributed by atoms with E-state index < -0.39 is 0 Å². The van der Waals surface area contributed by atoms with Crippen molar-refractivity contribution < 1.29 is 0 Å². The molecule has 1 saturated carbocycles. The van der Waals surface area contributed by atoms with Gasteiger partial charge >= 0.3 is 0 Å². The maximum absolute atomic E-state index is 6.00. The summed E-state index contributed by atoms with van der Waals surface area (Å²) in [5.41, 5.74) is 7.95. The molecule has 17 heavy (non-hydrogen) atoms. The first-order chi connectivity index (χ1) is 8.15. The fourth-order valence-corrected chi connectivity index (χ4v) is 3.21. The molecule has 0 spiro atoms. The molecule has 2 nitrogen and oxygen atoms in total. The highest BCUT2D eigenvalue weighted by atomic mass is 127. The minimum atomic E-state index is 0.817. The zero-order valence-electron chi connectivity index (χ0n) is 10.4. The average Bonchev–Trinajstić information content (AvgIpc) is 2.28. The Balaban J connectivity index is 1.88. The predicted octanol–water partition coefficient (Wildman–Crippen LogP) is 4.11. The molecule has 1 aliphatic rings. The molecule has 2 atom stereocenters. The van der Waals surface area contributed by atoms with Crippen LogP contribution in [0.25, 0.3) is 0 Å². The van der Waals surface area contributed by atoms with Gasteiger partial charge in [0.15, 0.2) is 0 Å². The minimum Gasteiger partial charge on any atom is -0.397 e. The number of nitrogen functional groups attached to an aromatic ring is 1. The van der Waals surface area contributed by atoms with Crippen LogP contribution in [-0.2, 0) is 0 Å². The summed E-state index contributed by atoms with van der Waals surface area (Å²) in [6.07, 6.45) is 5.51. The van der Waals surface area contributed by atoms with Crippen LogP contribution in [0.15, 0.2) is 18.2 Å². The Hall–Kier alpha value is -0.450. The summed E-state index contributed by atoms with van der Waals surface area (Å²) in [5.74, 6) is 1.71. The lowest BCUT2D eigenvalue weighted by Crippen LogP contribution is -2.21. The van der Waals surface area contributed by atoms with Crippen molar-refractivity contribution in [2.24, 2.45) is 11.8 Å². The lowest BCUT2D eigenvalue weighted by atomic mass is 9.82. The third kappa shape index (κ3) is 3.76. The van der Waals surface area contributed by atoms with Crippen molar-refractivity contribution in [2.45, 2.75) is 32.6 Å². The average molecular weight is 344 g/mol. The van der Waals surface area contributed by atoms with Crippen LogP contribution in [0, 0.1) is 15.4 Å². The molecule has 2 unspecified atom stereocenters. The van der Waals surface area contributed by atoms with E-state index in [1.807, 2.05) is 6.07 Å². The van der Waals surface area contributed by atoms with E-state index in [2.05, 4.69) is 47.0 Å². The Bertz CT molecular complexity index is 378. The highest BCUT2D eigenvalue weighted by molar-refractivity contribution is 14.1. The Labute approximate surface area is 117 Å². The van der Waals surface area contributed by atoms with Crippen LogP contribution in [0.1, 0.15) is 32.6 Å². The van der Waals surface area contributed by atoms with Crippen LogP contribution in [-0.4, -0.2) is 6.54 Å². The lowest BCUT2D eigenvalue weighted by molar-refractivity contribution is 0.293. The Morgan fingerprint density at radius 2 is 2.24 bits per heavy atom. The highest BCUT2D eigenvalue weighted by Crippen LogP contribution is 2.29. The first kappa shape index (κ1) is 13.0. The van der Waals surface area contributed by atoms with Gasteiger partial charge in [0.25, 0.3) is 0 Å². The van der Waals surface area contributed by atoms with Crippen molar-refractivity contribution in [1.29, 1.82) is 0 Å². The lowest BCUT2D eigenvalue weighted by Gasteiger charge is -2.27. The van der Waals surface area contributed by atoms with Crippen LogP contribution >= 0.6 is 22.6 Å². The molecule has 2 rings (SSSR count). The molecule has 1 fully saturated rings. The summed E-state index contributed by atoms with van der Waals surface area (Å²) in [4.78, 5) is 0. The molecule has 0 aliphatic heterocycles. The molecule has 0 radical (unpaired) electrons. The van der Waals surface area contributed by atoms with Crippen LogP contribution in [0.2, 0.25) is 0 Å². The van der Waals surface area contributed by atoms with E-state index in [-0.39, 0.29) is 0 Å². The molecular weight excluding hydrogens is 323 g/mol. The molecule has 0 saturated heterocycles. The van der Waals surface area contributed by atoms with Crippen LogP contribution in [0.5, 0.6) is 0 Å². The fraction of sp³-hybridized carbons (Fsp3) is 0.571. The number of benzene rings is 1. The second kappa shape index (κ2) is 5.94. The molecule has 0 bridgehead atoms. The number of nitrogens with one attached hydrogen (secondary N) is 1. The molecular formula is C14H21IN2. The van der Waals surface area contributed by atoms with Gasteiger partial charge in [0, 0.05) is 10.1 Å². The zero-order valence-corrected chi connectivity index (χ0v) is 12.5. The van der Waals surface area contributed by atoms with Gasteiger partial charge in [-0.1, -0.05) is 19.8 Å². The number of hydrogen-bond donors (Lipinski definition) is 2. The van der Waals surface area contributed by atoms with E-state index in [1.54, 1.807) is 0 Å². The highest BCUT2D eigenvalue weighted by Gasteiger charge is 2.18. The number of halogens is 1. The topological polar surface area (TPSA) is 38.0 Å². The van der Waals surface area contributed by atoms with Gasteiger partial charge in [0.1, 0.15) is 0 Å². The predicted molar refractivity (Wildman–Crippen MR) is 83.2 cm³/mol. The van der Waals surface area contributed by atoms with Crippen molar-refractivity contribution in [3.8, 4) is 0 Å². The summed E-state index contributed by atoms with van der Waals surface area (Å²) in [6.45, 7) is 3.43. The normalized spacial score (nSPS) is 24.6. The van der Waals surface area contributed by atoms with E-state index in [0.29, 0.717) is 0 Å². The van der Waals surface area contributed by atoms with E-state index in [4.69, 9.17) is 5.73 Å². The maximum atomic E-state index is 6.00. The minimum absolute atomic E-state index is 0.817. The third-order valence-corrected chi connectivity index (χ3v) is 4.31. The molecule has 94 valence electrons. The van der Waals surface area contributed by atoms with Gasteiger partial charge in [-0.15, -0.1) is 0 Å². The fourth-order valence-electron chi connectivity index (χ4n) is 2.69. The Morgan fingerprint density at radius 3 is 2.94 bits per heavy atom. The van der Waals surface area contributed by atoms with Gasteiger partial charge in [-0.3, -0.25) is 0 Å². The van der Waals surface area contributed by atoms with Crippen molar-refractivity contribution in [3.05, 3.63) is 21.8 Å². The maximum Gasteiger partial charge on any atom is 0.0574 e. The third-order valence-electron chi connectivity index (χ3n) is 3.64. The van der Waals surface area contributed by atoms with Gasteiger partial charge in [-0.25, -0.2) is 0 Å². The SMILES string of the molecule is CC1CCCC(CNc2ccc(I)cc2N)C1. The van der Waals surface area contributed by atoms with Gasteiger partial charge in [-0.05, 0) is 65.5 Å². The standard InChI is InChI=1S/C14H21IN2/c1-10-3-2-4-11(7-10)9-17-14-6-5-12(15)8-13(14)16/h5-6,8,10-11,17H,2-4,7,9,16H2,1H3. The van der Waals surface area contributed by atoms with Crippen LogP contribution in [0.4, 0.5) is 11.4 Å². The zero-order chi connectivity index (χ0) is 12.3. The largest absolute Gasteiger partial charge is 0.397 e. The van der Waals surface area contributed by atoms with Gasteiger partial charge in [0.2, 0.25) is 0 Å². The van der Waals surface area contributed by atoms with E-state index in [0.717, 1.165) is 29.8 Å². The monoisotopic (exact) mass is 344 g/mol. The second-order valence-corrected chi connectivity index (χ2v) is 6.50. The second-order valence-electron chi connectivity index (χ2n) is 5.25. The number of nitrogens with two attached hydrogens (primary N) is 1. The summed E-state index contributed by atoms with van der Waals surface area (Å²) in [6, 6.07) is 6.21. The number of hydrogen-bond acceptors (Lipinski definition) is 2. The van der Waals surface area contributed by atoms with E-state index >= 15 is 0 Å². The number of anilines is 2. The molecule has 0 heterocycles. The quantitative estimate of drug-likeness (QED) is 0.640. The summed E-state index contributed by atoms with van der Waals surface area (Å²) in [7, 11) is 0. The molecule has 1 aromatic rings. The molecule has 3 N–H and O–H groups in total. The van der Waals surface area contributed by atoms with Gasteiger partial charge < -0.3 is 11.1 Å². The van der Waals surface area contributed by atoms with Gasteiger partial charge in [-0.2, -0.15) is 0 Å². The molecule has 1 aliphatic carbocycles. The first-order valence-electron chi connectivity index (χ1n) is 6.44. The molecule has 3 heteroatoms. The molecule has 0 aromatic heterocycles. The summed E-state index contributed by atoms with van der Waals surface area (Å²) < 4.78 is 1.19. The summed E-state index contributed by atoms with van der Waals surface area (Å²) in [5, 5.41) is 3.50. The summed E-state index contributed by atoms with van der Waals surface area (Å²) >= 11 is 2.29. The van der Waals surface area contributed by atoms with E-state index in [1.165, 1.54) is 29.3 Å². The van der Waals surface area contributed by atoms with Crippen molar-refractivity contribution >= 4 is 34.0 Å². The smallest absolute Gasteiger partial charge is 0.0574 e. The molecule has 1 aromatic carbocycles.